The molecule has 1 amide bonds. The normalized spacial score (nSPS) is 17.6. The average molecular weight is 420 g/mol. The molecule has 1 saturated heterocycles. The summed E-state index contributed by atoms with van der Waals surface area (Å²) < 4.78 is 1.60. The number of aryl methyl sites for hydroxylation is 3. The molecule has 3 heterocycles. The number of carbonyl (C=O) groups excluding carboxylic acids is 1. The molecule has 0 bridgehead atoms. The van der Waals surface area contributed by atoms with Crippen LogP contribution in [-0.2, 0) is 4.79 Å². The zero-order valence-electron chi connectivity index (χ0n) is 18.5. The second kappa shape index (κ2) is 8.95. The van der Waals surface area contributed by atoms with E-state index < -0.39 is 0 Å². The molecule has 1 unspecified atom stereocenters. The van der Waals surface area contributed by atoms with Crippen molar-refractivity contribution in [2.24, 2.45) is 0 Å². The molecule has 1 N–H and O–H groups in total. The molecule has 0 aliphatic carbocycles. The van der Waals surface area contributed by atoms with E-state index in [1.807, 2.05) is 51.1 Å². The van der Waals surface area contributed by atoms with Gasteiger partial charge >= 0.3 is 0 Å². The number of piperazine rings is 1. The maximum Gasteiger partial charge on any atom is 0.252 e. The van der Waals surface area contributed by atoms with Crippen LogP contribution in [0.3, 0.4) is 0 Å². The van der Waals surface area contributed by atoms with E-state index >= 15 is 0 Å². The van der Waals surface area contributed by atoms with Crippen molar-refractivity contribution < 1.29 is 4.79 Å². The maximum atomic E-state index is 13.0. The number of hydrogen-bond acceptors (Lipinski definition) is 6. The van der Waals surface area contributed by atoms with Crippen LogP contribution < -0.4 is 5.32 Å². The Morgan fingerprint density at radius 2 is 1.74 bits per heavy atom. The van der Waals surface area contributed by atoms with Gasteiger partial charge in [0.05, 0.1) is 12.2 Å². The van der Waals surface area contributed by atoms with Gasteiger partial charge in [-0.3, -0.25) is 9.69 Å². The number of hydrogen-bond donors (Lipinski definition) is 1. The SMILES string of the molecule is Cc1cc(C)nc(-n2nc(C)cc2NC(=O)CN2CCN(C)CC2c2ccccc2)n1. The Balaban J connectivity index is 1.52. The molecule has 1 fully saturated rings. The monoisotopic (exact) mass is 419 g/mol. The van der Waals surface area contributed by atoms with Gasteiger partial charge in [0.2, 0.25) is 5.91 Å². The molecule has 1 atom stereocenters. The molecule has 8 nitrogen and oxygen atoms in total. The van der Waals surface area contributed by atoms with Gasteiger partial charge in [0.1, 0.15) is 5.82 Å². The lowest BCUT2D eigenvalue weighted by molar-refractivity contribution is -0.118. The molecule has 3 aromatic rings. The van der Waals surface area contributed by atoms with E-state index in [1.54, 1.807) is 4.68 Å². The van der Waals surface area contributed by atoms with Crippen LogP contribution in [0.5, 0.6) is 0 Å². The lowest BCUT2D eigenvalue weighted by atomic mass is 10.0. The summed E-state index contributed by atoms with van der Waals surface area (Å²) in [6, 6.07) is 14.3. The molecule has 2 aromatic heterocycles. The standard InChI is InChI=1S/C23H29N7O/c1-16-12-17(2)25-23(24-16)30-21(13-18(3)27-30)26-22(31)15-29-11-10-28(4)14-20(29)19-8-6-5-7-9-19/h5-9,12-13,20H,10-11,14-15H2,1-4H3,(H,26,31). The number of anilines is 1. The highest BCUT2D eigenvalue weighted by molar-refractivity contribution is 5.91. The van der Waals surface area contributed by atoms with Gasteiger partial charge in [-0.25, -0.2) is 9.97 Å². The number of amides is 1. The highest BCUT2D eigenvalue weighted by Gasteiger charge is 2.28. The van der Waals surface area contributed by atoms with Crippen LogP contribution in [0.25, 0.3) is 5.95 Å². The number of likely N-dealkylation sites (N-methyl/N-ethyl adjacent to an activating group) is 1. The van der Waals surface area contributed by atoms with E-state index in [1.165, 1.54) is 5.56 Å². The largest absolute Gasteiger partial charge is 0.309 e. The third kappa shape index (κ3) is 4.98. The van der Waals surface area contributed by atoms with Crippen molar-refractivity contribution in [2.75, 3.05) is 38.5 Å². The molecule has 0 saturated carbocycles. The molecular formula is C23H29N7O. The minimum absolute atomic E-state index is 0.0731. The summed E-state index contributed by atoms with van der Waals surface area (Å²) in [6.07, 6.45) is 0. The predicted molar refractivity (Wildman–Crippen MR) is 120 cm³/mol. The van der Waals surface area contributed by atoms with Crippen LogP contribution in [0, 0.1) is 20.8 Å². The van der Waals surface area contributed by atoms with Gasteiger partial charge in [-0.15, -0.1) is 0 Å². The number of carbonyl (C=O) groups is 1. The van der Waals surface area contributed by atoms with Crippen LogP contribution in [0.1, 0.15) is 28.7 Å². The number of nitrogens with one attached hydrogen (secondary N) is 1. The second-order valence-corrected chi connectivity index (χ2v) is 8.24. The van der Waals surface area contributed by atoms with Crippen molar-refractivity contribution in [3.8, 4) is 5.95 Å². The van der Waals surface area contributed by atoms with E-state index in [0.717, 1.165) is 36.7 Å². The quantitative estimate of drug-likeness (QED) is 0.685. The highest BCUT2D eigenvalue weighted by atomic mass is 16.2. The molecular weight excluding hydrogens is 390 g/mol. The van der Waals surface area contributed by atoms with Crippen LogP contribution in [0.15, 0.2) is 42.5 Å². The smallest absolute Gasteiger partial charge is 0.252 e. The zero-order valence-corrected chi connectivity index (χ0v) is 18.5. The summed E-state index contributed by atoms with van der Waals surface area (Å²) in [5.41, 5.74) is 3.73. The third-order valence-electron chi connectivity index (χ3n) is 5.48. The van der Waals surface area contributed by atoms with Crippen molar-refractivity contribution in [1.82, 2.24) is 29.5 Å². The van der Waals surface area contributed by atoms with E-state index in [2.05, 4.69) is 49.4 Å². The maximum absolute atomic E-state index is 13.0. The Hall–Kier alpha value is -3.10. The third-order valence-corrected chi connectivity index (χ3v) is 5.48. The van der Waals surface area contributed by atoms with E-state index in [4.69, 9.17) is 0 Å². The lowest BCUT2D eigenvalue weighted by Crippen LogP contribution is -2.49. The Labute approximate surface area is 182 Å². The van der Waals surface area contributed by atoms with Crippen molar-refractivity contribution in [2.45, 2.75) is 26.8 Å². The van der Waals surface area contributed by atoms with E-state index in [-0.39, 0.29) is 11.9 Å². The minimum atomic E-state index is -0.0731. The Morgan fingerprint density at radius 3 is 2.45 bits per heavy atom. The van der Waals surface area contributed by atoms with E-state index in [9.17, 15) is 4.79 Å². The molecule has 8 heteroatoms. The van der Waals surface area contributed by atoms with Gasteiger partial charge < -0.3 is 10.2 Å². The summed E-state index contributed by atoms with van der Waals surface area (Å²) >= 11 is 0. The van der Waals surface area contributed by atoms with Crippen LogP contribution in [0.2, 0.25) is 0 Å². The van der Waals surface area contributed by atoms with Gasteiger partial charge in [0, 0.05) is 43.1 Å². The van der Waals surface area contributed by atoms with Gasteiger partial charge in [0.25, 0.3) is 5.95 Å². The first-order valence-corrected chi connectivity index (χ1v) is 10.6. The fourth-order valence-corrected chi connectivity index (χ4v) is 4.05. The Kier molecular flexibility index (Phi) is 6.11. The van der Waals surface area contributed by atoms with Crippen LogP contribution >= 0.6 is 0 Å². The molecule has 4 rings (SSSR count). The van der Waals surface area contributed by atoms with Crippen molar-refractivity contribution in [3.63, 3.8) is 0 Å². The van der Waals surface area contributed by atoms with Crippen LogP contribution in [-0.4, -0.2) is 68.7 Å². The molecule has 162 valence electrons. The minimum Gasteiger partial charge on any atom is -0.309 e. The fraction of sp³-hybridized carbons (Fsp3) is 0.391. The van der Waals surface area contributed by atoms with Gasteiger partial charge in [-0.2, -0.15) is 9.78 Å². The van der Waals surface area contributed by atoms with Crippen molar-refractivity contribution >= 4 is 11.7 Å². The number of aromatic nitrogens is 4. The molecule has 0 radical (unpaired) electrons. The number of nitrogens with zero attached hydrogens (tertiary/aromatic N) is 6. The molecule has 1 aliphatic heterocycles. The summed E-state index contributed by atoms with van der Waals surface area (Å²) in [4.78, 5) is 26.5. The zero-order chi connectivity index (χ0) is 22.0. The number of rotatable bonds is 5. The first-order valence-electron chi connectivity index (χ1n) is 10.6. The second-order valence-electron chi connectivity index (χ2n) is 8.24. The average Bonchev–Trinajstić information content (AvgIpc) is 3.09. The summed E-state index contributed by atoms with van der Waals surface area (Å²) in [7, 11) is 2.12. The first kappa shape index (κ1) is 21.1. The van der Waals surface area contributed by atoms with Crippen molar-refractivity contribution in [3.05, 3.63) is 65.1 Å². The first-order chi connectivity index (χ1) is 14.9. The molecule has 1 aliphatic rings. The highest BCUT2D eigenvalue weighted by Crippen LogP contribution is 2.25. The van der Waals surface area contributed by atoms with Gasteiger partial charge in [-0.05, 0) is 39.4 Å². The molecule has 31 heavy (non-hydrogen) atoms. The summed E-state index contributed by atoms with van der Waals surface area (Å²) in [6.45, 7) is 8.70. The molecule has 1 aromatic carbocycles. The van der Waals surface area contributed by atoms with E-state index in [0.29, 0.717) is 18.3 Å². The topological polar surface area (TPSA) is 79.2 Å². The summed E-state index contributed by atoms with van der Waals surface area (Å²) in [5.74, 6) is 0.969. The fourth-order valence-electron chi connectivity index (χ4n) is 4.05. The van der Waals surface area contributed by atoms with Crippen LogP contribution in [0.4, 0.5) is 5.82 Å². The predicted octanol–water partition coefficient (Wildman–Crippen LogP) is 2.51. The van der Waals surface area contributed by atoms with Crippen molar-refractivity contribution in [1.29, 1.82) is 0 Å². The molecule has 0 spiro atoms. The number of benzene rings is 1. The van der Waals surface area contributed by atoms with Gasteiger partial charge in [0.15, 0.2) is 0 Å². The van der Waals surface area contributed by atoms with Gasteiger partial charge in [-0.1, -0.05) is 30.3 Å². The summed E-state index contributed by atoms with van der Waals surface area (Å²) in [5, 5.41) is 7.52. The lowest BCUT2D eigenvalue weighted by Gasteiger charge is -2.39. The Bertz CT molecular complexity index is 1040. The Morgan fingerprint density at radius 1 is 1.03 bits per heavy atom.